The first-order valence-corrected chi connectivity index (χ1v) is 8.94. The van der Waals surface area contributed by atoms with Crippen molar-refractivity contribution in [3.05, 3.63) is 48.3 Å². The lowest BCUT2D eigenvalue weighted by Gasteiger charge is -2.03. The van der Waals surface area contributed by atoms with Gasteiger partial charge in [-0.2, -0.15) is 0 Å². The molecular weight excluding hydrogens is 286 g/mol. The van der Waals surface area contributed by atoms with Gasteiger partial charge in [-0.1, -0.05) is 23.9 Å². The highest BCUT2D eigenvalue weighted by Gasteiger charge is 1.98. The maximum Gasteiger partial charge on any atom is 0.187 e. The number of quaternary nitrogens is 1. The molecule has 2 N–H and O–H groups in total. The van der Waals surface area contributed by atoms with Crippen molar-refractivity contribution in [2.24, 2.45) is 0 Å². The van der Waals surface area contributed by atoms with Crippen LogP contribution in [0.15, 0.2) is 52.8 Å². The summed E-state index contributed by atoms with van der Waals surface area (Å²) in [4.78, 5) is 9.73. The fraction of sp³-hybridized carbons (Fsp3) is 0.333. The van der Waals surface area contributed by atoms with Crippen LogP contribution in [-0.4, -0.2) is 28.5 Å². The third-order valence-corrected chi connectivity index (χ3v) is 4.57. The number of nitrogens with zero attached hydrogens (tertiary/aromatic N) is 2. The molecule has 2 rings (SSSR count). The molecule has 0 unspecified atom stereocenters. The van der Waals surface area contributed by atoms with Crippen LogP contribution >= 0.6 is 23.5 Å². The first kappa shape index (κ1) is 15.4. The molecule has 1 aromatic carbocycles. The highest BCUT2D eigenvalue weighted by molar-refractivity contribution is 7.99. The molecule has 0 aliphatic rings. The average molecular weight is 306 g/mol. The molecule has 1 heterocycles. The summed E-state index contributed by atoms with van der Waals surface area (Å²) in [6.07, 6.45) is 6.86. The van der Waals surface area contributed by atoms with Crippen LogP contribution in [0.4, 0.5) is 0 Å². The molecule has 2 aromatic rings. The maximum atomic E-state index is 4.20. The van der Waals surface area contributed by atoms with Crippen molar-refractivity contribution in [1.29, 1.82) is 0 Å². The summed E-state index contributed by atoms with van der Waals surface area (Å²) in [7, 11) is 0. The Kier molecular flexibility index (Phi) is 6.91. The summed E-state index contributed by atoms with van der Waals surface area (Å²) in [6, 6.07) is 10.7. The molecule has 106 valence electrons. The van der Waals surface area contributed by atoms with Gasteiger partial charge in [0, 0.05) is 35.0 Å². The number of rotatable bonds is 8. The lowest BCUT2D eigenvalue weighted by Crippen LogP contribution is -2.82. The smallest absolute Gasteiger partial charge is 0.187 e. The zero-order valence-electron chi connectivity index (χ0n) is 11.7. The van der Waals surface area contributed by atoms with E-state index >= 15 is 0 Å². The lowest BCUT2D eigenvalue weighted by atomic mass is 10.2. The Morgan fingerprint density at radius 2 is 1.85 bits per heavy atom. The zero-order valence-corrected chi connectivity index (χ0v) is 13.3. The number of hydrogen-bond donors (Lipinski definition) is 1. The first-order chi connectivity index (χ1) is 9.88. The van der Waals surface area contributed by atoms with Crippen molar-refractivity contribution in [3.8, 4) is 0 Å². The van der Waals surface area contributed by atoms with Crippen LogP contribution in [0.5, 0.6) is 0 Å². The van der Waals surface area contributed by atoms with Gasteiger partial charge in [-0.15, -0.1) is 11.8 Å². The highest BCUT2D eigenvalue weighted by atomic mass is 32.2. The molecule has 0 bridgehead atoms. The minimum Gasteiger partial charge on any atom is -0.342 e. The van der Waals surface area contributed by atoms with Crippen LogP contribution in [-0.2, 0) is 6.54 Å². The van der Waals surface area contributed by atoms with Crippen LogP contribution in [0, 0.1) is 0 Å². The molecule has 0 atom stereocenters. The number of nitrogens with two attached hydrogens (primary N) is 1. The minimum absolute atomic E-state index is 0.875. The van der Waals surface area contributed by atoms with E-state index in [1.165, 1.54) is 16.9 Å². The number of thioether (sulfide) groups is 2. The van der Waals surface area contributed by atoms with Gasteiger partial charge in [-0.25, -0.2) is 9.97 Å². The Morgan fingerprint density at radius 1 is 1.10 bits per heavy atom. The van der Waals surface area contributed by atoms with Gasteiger partial charge in [0.1, 0.15) is 6.54 Å². The molecule has 0 aliphatic carbocycles. The predicted octanol–water partition coefficient (Wildman–Crippen LogP) is 2.44. The van der Waals surface area contributed by atoms with Gasteiger partial charge in [0.15, 0.2) is 5.16 Å². The molecule has 0 aliphatic heterocycles. The second-order valence-electron chi connectivity index (χ2n) is 4.36. The van der Waals surface area contributed by atoms with Crippen LogP contribution in [0.3, 0.4) is 0 Å². The van der Waals surface area contributed by atoms with E-state index in [0.29, 0.717) is 0 Å². The lowest BCUT2D eigenvalue weighted by molar-refractivity contribution is -0.670. The summed E-state index contributed by atoms with van der Waals surface area (Å²) in [6.45, 7) is 2.20. The second kappa shape index (κ2) is 9.00. The van der Waals surface area contributed by atoms with Gasteiger partial charge < -0.3 is 5.32 Å². The number of hydrogen-bond acceptors (Lipinski definition) is 4. The van der Waals surface area contributed by atoms with E-state index in [0.717, 1.165) is 24.0 Å². The SMILES string of the molecule is CSc1ccc(C[NH2+]CCCSc2ncccn2)cc1. The van der Waals surface area contributed by atoms with E-state index in [1.807, 2.05) is 6.07 Å². The molecule has 0 fully saturated rings. The largest absolute Gasteiger partial charge is 0.342 e. The van der Waals surface area contributed by atoms with Gasteiger partial charge >= 0.3 is 0 Å². The van der Waals surface area contributed by atoms with Gasteiger partial charge in [-0.05, 0) is 24.5 Å². The fourth-order valence-corrected chi connectivity index (χ4v) is 2.95. The molecule has 0 amide bonds. The molecule has 20 heavy (non-hydrogen) atoms. The molecule has 5 heteroatoms. The predicted molar refractivity (Wildman–Crippen MR) is 86.1 cm³/mol. The van der Waals surface area contributed by atoms with Crippen molar-refractivity contribution in [2.45, 2.75) is 23.0 Å². The Balaban J connectivity index is 1.57. The Hall–Kier alpha value is -1.04. The summed E-state index contributed by atoms with van der Waals surface area (Å²) < 4.78 is 0. The molecule has 0 saturated heterocycles. The summed E-state index contributed by atoms with van der Waals surface area (Å²) in [5.74, 6) is 1.08. The van der Waals surface area contributed by atoms with Crippen LogP contribution in [0.1, 0.15) is 12.0 Å². The van der Waals surface area contributed by atoms with Gasteiger partial charge in [-0.3, -0.25) is 0 Å². The quantitative estimate of drug-likeness (QED) is 0.462. The normalized spacial score (nSPS) is 10.7. The Morgan fingerprint density at radius 3 is 2.55 bits per heavy atom. The summed E-state index contributed by atoms with van der Waals surface area (Å²) in [5, 5.41) is 3.24. The second-order valence-corrected chi connectivity index (χ2v) is 6.30. The molecule has 0 radical (unpaired) electrons. The fourth-order valence-electron chi connectivity index (χ4n) is 1.78. The minimum atomic E-state index is 0.875. The number of benzene rings is 1. The zero-order chi connectivity index (χ0) is 14.0. The Labute approximate surface area is 129 Å². The van der Waals surface area contributed by atoms with Crippen molar-refractivity contribution < 1.29 is 5.32 Å². The van der Waals surface area contributed by atoms with Crippen LogP contribution in [0.2, 0.25) is 0 Å². The van der Waals surface area contributed by atoms with Gasteiger partial charge in [0.25, 0.3) is 0 Å². The maximum absolute atomic E-state index is 4.20. The molecule has 1 aromatic heterocycles. The van der Waals surface area contributed by atoms with Crippen molar-refractivity contribution in [2.75, 3.05) is 18.6 Å². The number of aromatic nitrogens is 2. The Bertz CT molecular complexity index is 488. The van der Waals surface area contributed by atoms with Crippen molar-refractivity contribution >= 4 is 23.5 Å². The average Bonchev–Trinajstić information content (AvgIpc) is 2.52. The third-order valence-electron chi connectivity index (χ3n) is 2.86. The van der Waals surface area contributed by atoms with E-state index < -0.39 is 0 Å². The van der Waals surface area contributed by atoms with E-state index in [9.17, 15) is 0 Å². The van der Waals surface area contributed by atoms with E-state index in [4.69, 9.17) is 0 Å². The molecule has 3 nitrogen and oxygen atoms in total. The van der Waals surface area contributed by atoms with Crippen molar-refractivity contribution in [3.63, 3.8) is 0 Å². The summed E-state index contributed by atoms with van der Waals surface area (Å²) in [5.41, 5.74) is 1.39. The highest BCUT2D eigenvalue weighted by Crippen LogP contribution is 2.14. The van der Waals surface area contributed by atoms with Gasteiger partial charge in [0.2, 0.25) is 0 Å². The van der Waals surface area contributed by atoms with E-state index in [2.05, 4.69) is 45.8 Å². The summed E-state index contributed by atoms with van der Waals surface area (Å²) >= 11 is 3.51. The molecular formula is C15H20N3S2+. The molecule has 0 saturated carbocycles. The van der Waals surface area contributed by atoms with E-state index in [1.54, 1.807) is 35.9 Å². The standard InChI is InChI=1S/C15H19N3S2/c1-19-14-6-4-13(5-7-14)12-16-8-3-11-20-15-17-9-2-10-18-15/h2,4-7,9-10,16H,3,8,11-12H2,1H3/p+1. The monoisotopic (exact) mass is 306 g/mol. The molecule has 0 spiro atoms. The first-order valence-electron chi connectivity index (χ1n) is 6.73. The van der Waals surface area contributed by atoms with Crippen LogP contribution in [0.25, 0.3) is 0 Å². The third kappa shape index (κ3) is 5.53. The van der Waals surface area contributed by atoms with Crippen LogP contribution < -0.4 is 5.32 Å². The van der Waals surface area contributed by atoms with Gasteiger partial charge in [0.05, 0.1) is 6.54 Å². The van der Waals surface area contributed by atoms with E-state index in [-0.39, 0.29) is 0 Å². The van der Waals surface area contributed by atoms with Crippen molar-refractivity contribution in [1.82, 2.24) is 9.97 Å². The topological polar surface area (TPSA) is 42.4 Å².